The average molecular weight is 434 g/mol. The number of carbonyl (C=O) groups is 1. The first-order valence-electron chi connectivity index (χ1n) is 11.6. The minimum Gasteiger partial charge on any atom is -0.481 e. The number of nitrogens with zero attached hydrogens (tertiary/aromatic N) is 2. The van der Waals surface area contributed by atoms with Crippen molar-refractivity contribution < 1.29 is 9.90 Å². The standard InChI is InChI=1S/C23H32ClN3O3/c1-14-4-2-3-5-17(14)26-18-12-25-27(21(30)20(18)24)23-9-15-6-16(10-23)8-22(7-15,13-23)11-19(28)29/h12,14-17,26H,2-11,13H2,1H3,(H,28,29)/t14-,15-,16+,17+,22?,23?/m0/s1. The molecule has 7 heteroatoms. The van der Waals surface area contributed by atoms with Crippen molar-refractivity contribution in [3.63, 3.8) is 0 Å². The Morgan fingerprint density at radius 3 is 2.63 bits per heavy atom. The summed E-state index contributed by atoms with van der Waals surface area (Å²) in [4.78, 5) is 25.0. The van der Waals surface area contributed by atoms with E-state index in [1.54, 1.807) is 10.9 Å². The van der Waals surface area contributed by atoms with Gasteiger partial charge in [0.15, 0.2) is 0 Å². The Labute approximate surface area is 182 Å². The molecule has 0 amide bonds. The highest BCUT2D eigenvalue weighted by Gasteiger charge is 2.59. The quantitative estimate of drug-likeness (QED) is 0.705. The largest absolute Gasteiger partial charge is 0.481 e. The molecule has 6 nitrogen and oxygen atoms in total. The highest BCUT2D eigenvalue weighted by molar-refractivity contribution is 6.32. The van der Waals surface area contributed by atoms with Gasteiger partial charge in [0.25, 0.3) is 5.56 Å². The van der Waals surface area contributed by atoms with Crippen molar-refractivity contribution in [3.05, 3.63) is 21.6 Å². The van der Waals surface area contributed by atoms with Gasteiger partial charge in [-0.3, -0.25) is 9.59 Å². The van der Waals surface area contributed by atoms with E-state index >= 15 is 0 Å². The van der Waals surface area contributed by atoms with Crippen LogP contribution in [0, 0.1) is 23.2 Å². The van der Waals surface area contributed by atoms with Gasteiger partial charge in [-0.2, -0.15) is 5.10 Å². The van der Waals surface area contributed by atoms with Crippen LogP contribution in [0.25, 0.3) is 0 Å². The Morgan fingerprint density at radius 2 is 1.97 bits per heavy atom. The van der Waals surface area contributed by atoms with Crippen molar-refractivity contribution in [2.75, 3.05) is 5.32 Å². The van der Waals surface area contributed by atoms with Crippen molar-refractivity contribution in [1.29, 1.82) is 0 Å². The molecule has 0 aliphatic heterocycles. The second-order valence-corrected chi connectivity index (χ2v) is 11.2. The first-order chi connectivity index (χ1) is 14.3. The Hall–Kier alpha value is -1.56. The normalized spacial score (nSPS) is 39.8. The Kier molecular flexibility index (Phi) is 4.92. The Balaban J connectivity index is 1.46. The second-order valence-electron chi connectivity index (χ2n) is 10.9. The molecule has 1 heterocycles. The molecule has 5 fully saturated rings. The molecule has 2 N–H and O–H groups in total. The summed E-state index contributed by atoms with van der Waals surface area (Å²) >= 11 is 6.59. The van der Waals surface area contributed by atoms with Gasteiger partial charge in [0, 0.05) is 6.04 Å². The van der Waals surface area contributed by atoms with Crippen LogP contribution in [0.5, 0.6) is 0 Å². The number of hydrogen-bond acceptors (Lipinski definition) is 4. The molecule has 5 aliphatic rings. The van der Waals surface area contributed by atoms with Crippen molar-refractivity contribution in [2.24, 2.45) is 23.2 Å². The van der Waals surface area contributed by atoms with Crippen LogP contribution in [0.2, 0.25) is 5.02 Å². The minimum absolute atomic E-state index is 0.196. The van der Waals surface area contributed by atoms with Gasteiger partial charge in [-0.1, -0.05) is 31.4 Å². The van der Waals surface area contributed by atoms with E-state index in [-0.39, 0.29) is 28.0 Å². The first kappa shape index (κ1) is 20.3. The third-order valence-corrected chi connectivity index (χ3v) is 8.86. The van der Waals surface area contributed by atoms with Crippen LogP contribution >= 0.6 is 11.6 Å². The van der Waals surface area contributed by atoms with Gasteiger partial charge < -0.3 is 10.4 Å². The van der Waals surface area contributed by atoms with E-state index in [0.717, 1.165) is 44.9 Å². The SMILES string of the molecule is C[C@H]1CCCC[C@H]1Nc1cnn(C23C[C@@H]4C[C@@H](CC(CC(=O)O)(C4)C2)C3)c(=O)c1Cl. The lowest BCUT2D eigenvalue weighted by atomic mass is 9.46. The van der Waals surface area contributed by atoms with Gasteiger partial charge in [0.2, 0.25) is 0 Å². The summed E-state index contributed by atoms with van der Waals surface area (Å²) in [6.07, 6.45) is 12.3. The summed E-state index contributed by atoms with van der Waals surface area (Å²) in [6, 6.07) is 0.326. The van der Waals surface area contributed by atoms with Crippen molar-refractivity contribution in [3.8, 4) is 0 Å². The molecule has 0 aromatic carbocycles. The van der Waals surface area contributed by atoms with Crippen LogP contribution in [-0.4, -0.2) is 26.9 Å². The van der Waals surface area contributed by atoms with E-state index in [9.17, 15) is 14.7 Å². The number of carboxylic acids is 1. The van der Waals surface area contributed by atoms with Crippen molar-refractivity contribution in [1.82, 2.24) is 9.78 Å². The predicted molar refractivity (Wildman–Crippen MR) is 116 cm³/mol. The summed E-state index contributed by atoms with van der Waals surface area (Å²) in [5.41, 5.74) is -0.159. The van der Waals surface area contributed by atoms with Gasteiger partial charge in [-0.15, -0.1) is 0 Å². The average Bonchev–Trinajstić information content (AvgIpc) is 2.65. The van der Waals surface area contributed by atoms with Gasteiger partial charge in [0.1, 0.15) is 5.02 Å². The molecule has 0 spiro atoms. The molecule has 4 bridgehead atoms. The molecule has 0 saturated heterocycles. The molecule has 1 aromatic heterocycles. The van der Waals surface area contributed by atoms with Gasteiger partial charge >= 0.3 is 5.97 Å². The fraction of sp³-hybridized carbons (Fsp3) is 0.783. The molecule has 1 aromatic rings. The van der Waals surface area contributed by atoms with E-state index < -0.39 is 5.97 Å². The zero-order valence-corrected chi connectivity index (χ0v) is 18.5. The number of halogens is 1. The number of aliphatic carboxylic acids is 1. The van der Waals surface area contributed by atoms with Gasteiger partial charge in [-0.05, 0) is 74.5 Å². The Morgan fingerprint density at radius 1 is 1.27 bits per heavy atom. The number of carboxylic acid groups (broad SMARTS) is 1. The highest BCUT2D eigenvalue weighted by atomic mass is 35.5. The third-order valence-electron chi connectivity index (χ3n) is 8.50. The van der Waals surface area contributed by atoms with Crippen LogP contribution in [0.4, 0.5) is 5.69 Å². The lowest BCUT2D eigenvalue weighted by Gasteiger charge is -2.61. The zero-order valence-electron chi connectivity index (χ0n) is 17.7. The highest BCUT2D eigenvalue weighted by Crippen LogP contribution is 2.65. The monoisotopic (exact) mass is 433 g/mol. The molecule has 30 heavy (non-hydrogen) atoms. The molecule has 6 atom stereocenters. The number of anilines is 1. The van der Waals surface area contributed by atoms with E-state index in [4.69, 9.17) is 11.6 Å². The van der Waals surface area contributed by atoms with E-state index in [2.05, 4.69) is 17.3 Å². The fourth-order valence-corrected chi connectivity index (χ4v) is 7.96. The number of hydrogen-bond donors (Lipinski definition) is 2. The van der Waals surface area contributed by atoms with Crippen molar-refractivity contribution in [2.45, 2.75) is 89.1 Å². The summed E-state index contributed by atoms with van der Waals surface area (Å²) in [5.74, 6) is 0.792. The summed E-state index contributed by atoms with van der Waals surface area (Å²) in [6.45, 7) is 2.25. The topological polar surface area (TPSA) is 84.2 Å². The lowest BCUT2D eigenvalue weighted by molar-refractivity contribution is -0.151. The summed E-state index contributed by atoms with van der Waals surface area (Å²) < 4.78 is 1.64. The number of nitrogens with one attached hydrogen (secondary N) is 1. The molecule has 0 radical (unpaired) electrons. The first-order valence-corrected chi connectivity index (χ1v) is 11.9. The van der Waals surface area contributed by atoms with Crippen LogP contribution in [-0.2, 0) is 10.3 Å². The maximum atomic E-state index is 13.4. The lowest BCUT2D eigenvalue weighted by Crippen LogP contribution is -2.59. The van der Waals surface area contributed by atoms with Crippen LogP contribution in [0.1, 0.15) is 77.6 Å². The van der Waals surface area contributed by atoms with E-state index in [1.165, 1.54) is 19.3 Å². The number of aromatic nitrogens is 2. The third kappa shape index (κ3) is 3.35. The van der Waals surface area contributed by atoms with Crippen LogP contribution in [0.3, 0.4) is 0 Å². The maximum Gasteiger partial charge on any atom is 0.303 e. The molecule has 6 rings (SSSR count). The molecular formula is C23H32ClN3O3. The molecule has 5 aliphatic carbocycles. The fourth-order valence-electron chi connectivity index (χ4n) is 7.78. The van der Waals surface area contributed by atoms with Crippen LogP contribution in [0.15, 0.2) is 11.0 Å². The van der Waals surface area contributed by atoms with Gasteiger partial charge in [-0.25, -0.2) is 4.68 Å². The maximum absolute atomic E-state index is 13.4. The summed E-state index contributed by atoms with van der Waals surface area (Å²) in [5, 5.41) is 17.9. The molecular weight excluding hydrogens is 402 g/mol. The molecule has 2 unspecified atom stereocenters. The predicted octanol–water partition coefficient (Wildman–Crippen LogP) is 4.66. The zero-order chi connectivity index (χ0) is 21.1. The molecule has 164 valence electrons. The van der Waals surface area contributed by atoms with E-state index in [0.29, 0.717) is 29.5 Å². The molecule has 5 saturated carbocycles. The Bertz CT molecular complexity index is 899. The summed E-state index contributed by atoms with van der Waals surface area (Å²) in [7, 11) is 0. The van der Waals surface area contributed by atoms with Crippen LogP contribution < -0.4 is 10.9 Å². The van der Waals surface area contributed by atoms with Crippen molar-refractivity contribution >= 4 is 23.3 Å². The number of rotatable bonds is 5. The minimum atomic E-state index is -0.730. The van der Waals surface area contributed by atoms with E-state index in [1.807, 2.05) is 0 Å². The van der Waals surface area contributed by atoms with Gasteiger partial charge in [0.05, 0.1) is 23.8 Å². The second kappa shape index (κ2) is 7.25. The smallest absolute Gasteiger partial charge is 0.303 e.